The van der Waals surface area contributed by atoms with Gasteiger partial charge in [-0.2, -0.15) is 0 Å². The minimum absolute atomic E-state index is 0.591. The van der Waals surface area contributed by atoms with E-state index in [-0.39, 0.29) is 0 Å². The summed E-state index contributed by atoms with van der Waals surface area (Å²) in [6.45, 7) is 5.48. The molecule has 6 nitrogen and oxygen atoms in total. The number of nitrogens with zero attached hydrogens (tertiary/aromatic N) is 4. The summed E-state index contributed by atoms with van der Waals surface area (Å²) in [6.07, 6.45) is 7.86. The summed E-state index contributed by atoms with van der Waals surface area (Å²) in [5.74, 6) is 2.43. The molecule has 0 radical (unpaired) electrons. The third kappa shape index (κ3) is 3.64. The van der Waals surface area contributed by atoms with Gasteiger partial charge in [0, 0.05) is 44.4 Å². The summed E-state index contributed by atoms with van der Waals surface area (Å²) >= 11 is 0. The molecule has 1 aromatic rings. The molecule has 0 N–H and O–H groups in total. The van der Waals surface area contributed by atoms with Crippen LogP contribution in [0.2, 0.25) is 0 Å². The highest BCUT2D eigenvalue weighted by molar-refractivity contribution is 5.45. The van der Waals surface area contributed by atoms with Gasteiger partial charge in [0.05, 0.1) is 13.7 Å². The maximum Gasteiger partial charge on any atom is 0.218 e. The van der Waals surface area contributed by atoms with E-state index in [1.165, 1.54) is 51.7 Å². The van der Waals surface area contributed by atoms with Crippen molar-refractivity contribution < 1.29 is 9.47 Å². The van der Waals surface area contributed by atoms with Gasteiger partial charge < -0.3 is 19.3 Å². The molecule has 2 aliphatic heterocycles. The van der Waals surface area contributed by atoms with Crippen LogP contribution in [0.4, 0.5) is 5.82 Å². The second-order valence-electron chi connectivity index (χ2n) is 7.32. The molecule has 3 fully saturated rings. The molecule has 0 aromatic carbocycles. The Labute approximate surface area is 144 Å². The first kappa shape index (κ1) is 16.1. The van der Waals surface area contributed by atoms with Crippen LogP contribution in [-0.2, 0) is 4.74 Å². The summed E-state index contributed by atoms with van der Waals surface area (Å²) in [6, 6.07) is 3.23. The Morgan fingerprint density at radius 3 is 2.62 bits per heavy atom. The topological polar surface area (TPSA) is 50.7 Å². The predicted molar refractivity (Wildman–Crippen MR) is 92.5 cm³/mol. The second kappa shape index (κ2) is 7.23. The van der Waals surface area contributed by atoms with E-state index >= 15 is 0 Å². The first-order chi connectivity index (χ1) is 11.8. The minimum Gasteiger partial charge on any atom is -0.481 e. The van der Waals surface area contributed by atoms with Crippen LogP contribution in [0.25, 0.3) is 0 Å². The number of rotatable bonds is 6. The van der Waals surface area contributed by atoms with Crippen molar-refractivity contribution in [3.05, 3.63) is 12.4 Å². The van der Waals surface area contributed by atoms with Crippen LogP contribution in [0.1, 0.15) is 32.1 Å². The van der Waals surface area contributed by atoms with Gasteiger partial charge in [0.2, 0.25) is 5.88 Å². The average molecular weight is 332 g/mol. The highest BCUT2D eigenvalue weighted by Gasteiger charge is 2.37. The molecule has 0 spiro atoms. The van der Waals surface area contributed by atoms with Crippen LogP contribution in [0, 0.1) is 5.92 Å². The Morgan fingerprint density at radius 2 is 1.96 bits per heavy atom. The number of anilines is 1. The molecular weight excluding hydrogens is 304 g/mol. The van der Waals surface area contributed by atoms with Gasteiger partial charge in [0.1, 0.15) is 12.1 Å². The standard InChI is InChI=1S/C18H28N4O2/c1-23-18-10-17(19-13-20-18)22(15-2-3-15)16-4-7-21(8-5-16)11-14-6-9-24-12-14/h10,13-16H,2-9,11-12H2,1H3. The summed E-state index contributed by atoms with van der Waals surface area (Å²) in [5, 5.41) is 0. The van der Waals surface area contributed by atoms with Crippen molar-refractivity contribution >= 4 is 5.82 Å². The molecule has 132 valence electrons. The molecule has 2 saturated heterocycles. The van der Waals surface area contributed by atoms with Gasteiger partial charge in [-0.05, 0) is 38.0 Å². The zero-order valence-corrected chi connectivity index (χ0v) is 14.6. The van der Waals surface area contributed by atoms with E-state index in [0.29, 0.717) is 18.0 Å². The highest BCUT2D eigenvalue weighted by Crippen LogP contribution is 2.36. The summed E-state index contributed by atoms with van der Waals surface area (Å²) in [4.78, 5) is 13.9. The number of methoxy groups -OCH3 is 1. The van der Waals surface area contributed by atoms with Crippen LogP contribution in [0.15, 0.2) is 12.4 Å². The van der Waals surface area contributed by atoms with Gasteiger partial charge >= 0.3 is 0 Å². The second-order valence-corrected chi connectivity index (χ2v) is 7.32. The molecule has 4 rings (SSSR count). The number of hydrogen-bond donors (Lipinski definition) is 0. The van der Waals surface area contributed by atoms with Crippen molar-refractivity contribution in [2.24, 2.45) is 5.92 Å². The van der Waals surface area contributed by atoms with Crippen molar-refractivity contribution in [2.75, 3.05) is 44.9 Å². The number of piperidine rings is 1. The summed E-state index contributed by atoms with van der Waals surface area (Å²) in [5.41, 5.74) is 0. The molecule has 0 bridgehead atoms. The Kier molecular flexibility index (Phi) is 4.85. The molecular formula is C18H28N4O2. The normalized spacial score (nSPS) is 25.8. The Bertz CT molecular complexity index is 538. The monoisotopic (exact) mass is 332 g/mol. The van der Waals surface area contributed by atoms with Gasteiger partial charge in [0.15, 0.2) is 0 Å². The fourth-order valence-corrected chi connectivity index (χ4v) is 4.08. The third-order valence-electron chi connectivity index (χ3n) is 5.53. The van der Waals surface area contributed by atoms with Crippen LogP contribution >= 0.6 is 0 Å². The molecule has 1 unspecified atom stereocenters. The van der Waals surface area contributed by atoms with E-state index in [0.717, 1.165) is 24.9 Å². The first-order valence-corrected chi connectivity index (χ1v) is 9.28. The maximum atomic E-state index is 5.52. The summed E-state index contributed by atoms with van der Waals surface area (Å²) in [7, 11) is 1.67. The zero-order valence-electron chi connectivity index (χ0n) is 14.6. The quantitative estimate of drug-likeness (QED) is 0.794. The Morgan fingerprint density at radius 1 is 1.17 bits per heavy atom. The maximum absolute atomic E-state index is 5.52. The van der Waals surface area contributed by atoms with E-state index in [4.69, 9.17) is 9.47 Å². The van der Waals surface area contributed by atoms with E-state index < -0.39 is 0 Å². The highest BCUT2D eigenvalue weighted by atomic mass is 16.5. The lowest BCUT2D eigenvalue weighted by molar-refractivity contribution is 0.151. The van der Waals surface area contributed by atoms with Crippen molar-refractivity contribution in [3.63, 3.8) is 0 Å². The van der Waals surface area contributed by atoms with Crippen LogP contribution in [-0.4, -0.2) is 66.9 Å². The number of aromatic nitrogens is 2. The lowest BCUT2D eigenvalue weighted by Gasteiger charge is -2.40. The molecule has 3 heterocycles. The van der Waals surface area contributed by atoms with Crippen molar-refractivity contribution in [1.29, 1.82) is 0 Å². The van der Waals surface area contributed by atoms with Gasteiger partial charge in [-0.3, -0.25) is 0 Å². The SMILES string of the molecule is COc1cc(N(C2CC2)C2CCN(CC3CCOC3)CC2)ncn1. The van der Waals surface area contributed by atoms with E-state index in [1.54, 1.807) is 13.4 Å². The van der Waals surface area contributed by atoms with Crippen molar-refractivity contribution in [1.82, 2.24) is 14.9 Å². The van der Waals surface area contributed by atoms with Crippen molar-refractivity contribution in [3.8, 4) is 5.88 Å². The van der Waals surface area contributed by atoms with E-state index in [1.807, 2.05) is 6.07 Å². The van der Waals surface area contributed by atoms with Gasteiger partial charge in [-0.1, -0.05) is 0 Å². The lowest BCUT2D eigenvalue weighted by Crippen LogP contribution is -2.47. The van der Waals surface area contributed by atoms with Crippen molar-refractivity contribution in [2.45, 2.75) is 44.2 Å². The summed E-state index contributed by atoms with van der Waals surface area (Å²) < 4.78 is 10.8. The minimum atomic E-state index is 0.591. The molecule has 24 heavy (non-hydrogen) atoms. The molecule has 6 heteroatoms. The number of ether oxygens (including phenoxy) is 2. The fraction of sp³-hybridized carbons (Fsp3) is 0.778. The number of hydrogen-bond acceptors (Lipinski definition) is 6. The average Bonchev–Trinajstić information content (AvgIpc) is 3.32. The molecule has 1 aliphatic carbocycles. The largest absolute Gasteiger partial charge is 0.481 e. The molecule has 3 aliphatic rings. The van der Waals surface area contributed by atoms with E-state index in [2.05, 4.69) is 19.8 Å². The number of likely N-dealkylation sites (tertiary alicyclic amines) is 1. The molecule has 0 amide bonds. The van der Waals surface area contributed by atoms with E-state index in [9.17, 15) is 0 Å². The third-order valence-corrected chi connectivity index (χ3v) is 5.53. The Balaban J connectivity index is 1.38. The smallest absolute Gasteiger partial charge is 0.218 e. The zero-order chi connectivity index (χ0) is 16.4. The molecule has 1 aromatic heterocycles. The Hall–Kier alpha value is -1.40. The van der Waals surface area contributed by atoms with Gasteiger partial charge in [-0.25, -0.2) is 9.97 Å². The molecule has 1 atom stereocenters. The molecule has 1 saturated carbocycles. The van der Waals surface area contributed by atoms with Gasteiger partial charge in [-0.15, -0.1) is 0 Å². The van der Waals surface area contributed by atoms with Gasteiger partial charge in [0.25, 0.3) is 0 Å². The lowest BCUT2D eigenvalue weighted by atomic mass is 10.0. The van der Waals surface area contributed by atoms with Crippen LogP contribution in [0.5, 0.6) is 5.88 Å². The predicted octanol–water partition coefficient (Wildman–Crippen LogP) is 1.95. The van der Waals surface area contributed by atoms with Crippen LogP contribution in [0.3, 0.4) is 0 Å². The first-order valence-electron chi connectivity index (χ1n) is 9.28. The fourth-order valence-electron chi connectivity index (χ4n) is 4.08. The van der Waals surface area contributed by atoms with Crippen LogP contribution < -0.4 is 9.64 Å².